The monoisotopic (exact) mass is 193 g/mol. The normalized spacial score (nSPS) is 18.2. The van der Waals surface area contributed by atoms with Crippen molar-refractivity contribution in [2.45, 2.75) is 32.2 Å². The van der Waals surface area contributed by atoms with Gasteiger partial charge in [0.2, 0.25) is 0 Å². The Hall–Kier alpha value is -0.890. The summed E-state index contributed by atoms with van der Waals surface area (Å²) in [5.74, 6) is 0.577. The molecule has 0 heterocycles. The van der Waals surface area contributed by atoms with E-state index in [0.29, 0.717) is 5.56 Å². The predicted molar refractivity (Wildman–Crippen MR) is 55.4 cm³/mol. The fourth-order valence-electron chi connectivity index (χ4n) is 1.79. The molecule has 0 aliphatic heterocycles. The van der Waals surface area contributed by atoms with Crippen LogP contribution in [0.2, 0.25) is 0 Å². The van der Waals surface area contributed by atoms with E-state index in [-0.39, 0.29) is 11.9 Å². The van der Waals surface area contributed by atoms with E-state index in [9.17, 15) is 4.39 Å². The van der Waals surface area contributed by atoms with Gasteiger partial charge in [0.25, 0.3) is 0 Å². The molecule has 76 valence electrons. The lowest BCUT2D eigenvalue weighted by Gasteiger charge is -2.12. The molecule has 1 nitrogen and oxygen atoms in total. The highest BCUT2D eigenvalue weighted by atomic mass is 19.1. The van der Waals surface area contributed by atoms with Crippen LogP contribution in [0.4, 0.5) is 4.39 Å². The number of rotatable bonds is 3. The summed E-state index contributed by atoms with van der Waals surface area (Å²) in [5.41, 5.74) is 7.72. The third kappa shape index (κ3) is 2.13. The number of hydrogen-bond acceptors (Lipinski definition) is 1. The molecule has 1 aliphatic rings. The van der Waals surface area contributed by atoms with Crippen LogP contribution in [-0.4, -0.2) is 0 Å². The Bertz CT molecular complexity index is 331. The van der Waals surface area contributed by atoms with Gasteiger partial charge in [0.05, 0.1) is 0 Å². The second-order valence-electron chi connectivity index (χ2n) is 4.31. The van der Waals surface area contributed by atoms with Crippen LogP contribution in [0.1, 0.15) is 36.4 Å². The maximum absolute atomic E-state index is 13.4. The van der Waals surface area contributed by atoms with Crippen molar-refractivity contribution >= 4 is 0 Å². The third-order valence-electron chi connectivity index (χ3n) is 2.84. The van der Waals surface area contributed by atoms with Gasteiger partial charge in [-0.15, -0.1) is 0 Å². The van der Waals surface area contributed by atoms with Crippen LogP contribution in [0.3, 0.4) is 0 Å². The van der Waals surface area contributed by atoms with Gasteiger partial charge in [-0.25, -0.2) is 4.39 Å². The smallest absolute Gasteiger partial charge is 0.127 e. The van der Waals surface area contributed by atoms with Gasteiger partial charge in [-0.05, 0) is 25.3 Å². The molecule has 1 atom stereocenters. The van der Waals surface area contributed by atoms with Gasteiger partial charge in [-0.3, -0.25) is 0 Å². The minimum Gasteiger partial charge on any atom is -0.324 e. The van der Waals surface area contributed by atoms with Crippen LogP contribution in [-0.2, 0) is 0 Å². The SMILES string of the molecule is Cc1ccc(F)c([C@@H](N)CC2CC2)c1. The Kier molecular flexibility index (Phi) is 2.55. The summed E-state index contributed by atoms with van der Waals surface area (Å²) in [5, 5.41) is 0. The van der Waals surface area contributed by atoms with Gasteiger partial charge in [0, 0.05) is 11.6 Å². The lowest BCUT2D eigenvalue weighted by molar-refractivity contribution is 0.542. The minimum atomic E-state index is -0.163. The summed E-state index contributed by atoms with van der Waals surface area (Å²) in [6.45, 7) is 1.97. The lowest BCUT2D eigenvalue weighted by Crippen LogP contribution is -2.13. The van der Waals surface area contributed by atoms with E-state index in [4.69, 9.17) is 5.73 Å². The van der Waals surface area contributed by atoms with Gasteiger partial charge in [0.1, 0.15) is 5.82 Å². The highest BCUT2D eigenvalue weighted by molar-refractivity contribution is 5.26. The molecule has 1 saturated carbocycles. The van der Waals surface area contributed by atoms with Crippen LogP contribution in [0.25, 0.3) is 0 Å². The Morgan fingerprint density at radius 3 is 2.86 bits per heavy atom. The van der Waals surface area contributed by atoms with Crippen molar-refractivity contribution in [1.82, 2.24) is 0 Å². The summed E-state index contributed by atoms with van der Waals surface area (Å²) in [6.07, 6.45) is 3.46. The standard InChI is InChI=1S/C12H16FN/c1-8-2-5-11(13)10(6-8)12(14)7-9-3-4-9/h2,5-6,9,12H,3-4,7,14H2,1H3/t12-/m0/s1. The second kappa shape index (κ2) is 3.70. The van der Waals surface area contributed by atoms with Crippen LogP contribution < -0.4 is 5.73 Å². The van der Waals surface area contributed by atoms with Gasteiger partial charge in [-0.2, -0.15) is 0 Å². The van der Waals surface area contributed by atoms with Crippen molar-refractivity contribution in [3.05, 3.63) is 35.1 Å². The zero-order valence-corrected chi connectivity index (χ0v) is 8.46. The average molecular weight is 193 g/mol. The Morgan fingerprint density at radius 1 is 1.50 bits per heavy atom. The van der Waals surface area contributed by atoms with E-state index < -0.39 is 0 Å². The zero-order valence-electron chi connectivity index (χ0n) is 8.46. The van der Waals surface area contributed by atoms with Gasteiger partial charge in [-0.1, -0.05) is 30.5 Å². The van der Waals surface area contributed by atoms with Crippen molar-refractivity contribution in [3.63, 3.8) is 0 Å². The minimum absolute atomic E-state index is 0.123. The van der Waals surface area contributed by atoms with Crippen molar-refractivity contribution < 1.29 is 4.39 Å². The summed E-state index contributed by atoms with van der Waals surface area (Å²) >= 11 is 0. The number of benzene rings is 1. The van der Waals surface area contributed by atoms with E-state index >= 15 is 0 Å². The molecule has 1 aromatic carbocycles. The fraction of sp³-hybridized carbons (Fsp3) is 0.500. The predicted octanol–water partition coefficient (Wildman–Crippen LogP) is 2.93. The third-order valence-corrected chi connectivity index (χ3v) is 2.84. The molecule has 0 bridgehead atoms. The van der Waals surface area contributed by atoms with E-state index in [1.54, 1.807) is 6.07 Å². The molecule has 14 heavy (non-hydrogen) atoms. The van der Waals surface area contributed by atoms with Gasteiger partial charge < -0.3 is 5.73 Å². The van der Waals surface area contributed by atoms with E-state index in [1.165, 1.54) is 18.9 Å². The molecule has 0 amide bonds. The quantitative estimate of drug-likeness (QED) is 0.784. The van der Waals surface area contributed by atoms with Crippen molar-refractivity contribution in [3.8, 4) is 0 Å². The van der Waals surface area contributed by atoms with Crippen LogP contribution in [0, 0.1) is 18.7 Å². The first-order chi connectivity index (χ1) is 6.66. The summed E-state index contributed by atoms with van der Waals surface area (Å²) < 4.78 is 13.4. The van der Waals surface area contributed by atoms with Crippen molar-refractivity contribution in [2.24, 2.45) is 11.7 Å². The van der Waals surface area contributed by atoms with Gasteiger partial charge in [0.15, 0.2) is 0 Å². The second-order valence-corrected chi connectivity index (χ2v) is 4.31. The Labute approximate surface area is 84.1 Å². The molecule has 1 fully saturated rings. The molecule has 0 spiro atoms. The number of halogens is 1. The number of hydrogen-bond donors (Lipinski definition) is 1. The Morgan fingerprint density at radius 2 is 2.21 bits per heavy atom. The molecule has 0 aromatic heterocycles. The molecule has 0 saturated heterocycles. The molecular weight excluding hydrogens is 177 g/mol. The summed E-state index contributed by atoms with van der Waals surface area (Å²) in [7, 11) is 0. The van der Waals surface area contributed by atoms with Crippen molar-refractivity contribution in [1.29, 1.82) is 0 Å². The topological polar surface area (TPSA) is 26.0 Å². The first-order valence-electron chi connectivity index (χ1n) is 5.18. The molecule has 1 aromatic rings. The molecular formula is C12H16FN. The van der Waals surface area contributed by atoms with Crippen LogP contribution in [0.5, 0.6) is 0 Å². The first-order valence-corrected chi connectivity index (χ1v) is 5.18. The van der Waals surface area contributed by atoms with E-state index in [2.05, 4.69) is 0 Å². The maximum Gasteiger partial charge on any atom is 0.127 e. The van der Waals surface area contributed by atoms with Crippen molar-refractivity contribution in [2.75, 3.05) is 0 Å². The summed E-state index contributed by atoms with van der Waals surface area (Å²) in [4.78, 5) is 0. The van der Waals surface area contributed by atoms with Crippen LogP contribution in [0.15, 0.2) is 18.2 Å². The summed E-state index contributed by atoms with van der Waals surface area (Å²) in [6, 6.07) is 5.03. The number of aryl methyl sites for hydroxylation is 1. The molecule has 2 heteroatoms. The maximum atomic E-state index is 13.4. The van der Waals surface area contributed by atoms with Gasteiger partial charge >= 0.3 is 0 Å². The number of nitrogens with two attached hydrogens (primary N) is 1. The molecule has 1 aliphatic carbocycles. The lowest BCUT2D eigenvalue weighted by atomic mass is 10.00. The average Bonchev–Trinajstić information content (AvgIpc) is 2.93. The fourth-order valence-corrected chi connectivity index (χ4v) is 1.79. The first kappa shape index (κ1) is 9.66. The molecule has 0 unspecified atom stereocenters. The molecule has 0 radical (unpaired) electrons. The molecule has 2 rings (SSSR count). The zero-order chi connectivity index (χ0) is 10.1. The Balaban J connectivity index is 2.15. The van der Waals surface area contributed by atoms with E-state index in [1.807, 2.05) is 13.0 Å². The van der Waals surface area contributed by atoms with Crippen LogP contribution >= 0.6 is 0 Å². The molecule has 2 N–H and O–H groups in total. The largest absolute Gasteiger partial charge is 0.324 e. The van der Waals surface area contributed by atoms with E-state index in [0.717, 1.165) is 17.9 Å². The highest BCUT2D eigenvalue weighted by Crippen LogP contribution is 2.37. The highest BCUT2D eigenvalue weighted by Gasteiger charge is 2.25.